The van der Waals surface area contributed by atoms with E-state index in [4.69, 9.17) is 0 Å². The standard InChI is InChI=1S/C16H11F3N4O2/c1-9-6-7-12-20-13(15(24)25)14(23(12)8-9)22-21-11-5-3-2-4-10(11)16(17,18)19/h2-8H,1H3,(H,24,25). The average Bonchev–Trinajstić information content (AvgIpc) is 2.90. The SMILES string of the molecule is Cc1ccc2nc(C(=O)O)c(N=Nc3ccccc3C(F)(F)F)n2c1. The van der Waals surface area contributed by atoms with Gasteiger partial charge in [-0.2, -0.15) is 13.2 Å². The van der Waals surface area contributed by atoms with Crippen molar-refractivity contribution < 1.29 is 23.1 Å². The highest BCUT2D eigenvalue weighted by Gasteiger charge is 2.33. The second-order valence-electron chi connectivity index (χ2n) is 5.24. The third-order valence-electron chi connectivity index (χ3n) is 3.41. The Labute approximate surface area is 139 Å². The minimum Gasteiger partial charge on any atom is -0.476 e. The van der Waals surface area contributed by atoms with Gasteiger partial charge >= 0.3 is 12.1 Å². The molecule has 0 atom stereocenters. The first-order valence-corrected chi connectivity index (χ1v) is 7.07. The number of halogens is 3. The van der Waals surface area contributed by atoms with Crippen molar-refractivity contribution in [3.8, 4) is 0 Å². The third-order valence-corrected chi connectivity index (χ3v) is 3.41. The van der Waals surface area contributed by atoms with Gasteiger partial charge in [-0.15, -0.1) is 10.2 Å². The topological polar surface area (TPSA) is 79.3 Å². The zero-order chi connectivity index (χ0) is 18.2. The number of benzene rings is 1. The summed E-state index contributed by atoms with van der Waals surface area (Å²) in [5, 5.41) is 16.6. The normalized spacial score (nSPS) is 12.2. The van der Waals surface area contributed by atoms with E-state index in [0.29, 0.717) is 5.65 Å². The van der Waals surface area contributed by atoms with E-state index in [9.17, 15) is 23.1 Å². The quantitative estimate of drug-likeness (QED) is 0.692. The van der Waals surface area contributed by atoms with Gasteiger partial charge in [0, 0.05) is 6.20 Å². The molecule has 0 saturated heterocycles. The molecule has 0 saturated carbocycles. The second kappa shape index (κ2) is 6.00. The van der Waals surface area contributed by atoms with Crippen LogP contribution in [0, 0.1) is 6.92 Å². The smallest absolute Gasteiger partial charge is 0.418 e. The van der Waals surface area contributed by atoms with Crippen LogP contribution in [0.15, 0.2) is 52.8 Å². The van der Waals surface area contributed by atoms with E-state index in [1.165, 1.54) is 16.5 Å². The maximum atomic E-state index is 13.0. The minimum atomic E-state index is -4.60. The molecule has 0 aliphatic rings. The zero-order valence-corrected chi connectivity index (χ0v) is 12.8. The van der Waals surface area contributed by atoms with E-state index in [-0.39, 0.29) is 11.5 Å². The Morgan fingerprint density at radius 3 is 2.56 bits per heavy atom. The number of hydrogen-bond acceptors (Lipinski definition) is 4. The Kier molecular flexibility index (Phi) is 3.99. The second-order valence-corrected chi connectivity index (χ2v) is 5.24. The van der Waals surface area contributed by atoms with Crippen LogP contribution >= 0.6 is 0 Å². The largest absolute Gasteiger partial charge is 0.476 e. The van der Waals surface area contributed by atoms with Gasteiger partial charge in [-0.1, -0.05) is 18.2 Å². The van der Waals surface area contributed by atoms with Crippen molar-refractivity contribution in [1.82, 2.24) is 9.38 Å². The van der Waals surface area contributed by atoms with Crippen LogP contribution in [-0.2, 0) is 6.18 Å². The van der Waals surface area contributed by atoms with Crippen LogP contribution in [-0.4, -0.2) is 20.5 Å². The fourth-order valence-electron chi connectivity index (χ4n) is 2.28. The fraction of sp³-hybridized carbons (Fsp3) is 0.125. The van der Waals surface area contributed by atoms with Gasteiger partial charge < -0.3 is 5.11 Å². The van der Waals surface area contributed by atoms with Crippen molar-refractivity contribution in [2.24, 2.45) is 10.2 Å². The molecule has 2 heterocycles. The summed E-state index contributed by atoms with van der Waals surface area (Å²) in [4.78, 5) is 15.3. The molecule has 0 bridgehead atoms. The molecule has 9 heteroatoms. The van der Waals surface area contributed by atoms with Gasteiger partial charge in [0.25, 0.3) is 0 Å². The number of azo groups is 1. The number of carboxylic acids is 1. The molecule has 3 aromatic rings. The van der Waals surface area contributed by atoms with Crippen molar-refractivity contribution in [1.29, 1.82) is 0 Å². The molecular weight excluding hydrogens is 337 g/mol. The molecular formula is C16H11F3N4O2. The monoisotopic (exact) mass is 348 g/mol. The molecule has 0 aliphatic carbocycles. The molecule has 2 aromatic heterocycles. The average molecular weight is 348 g/mol. The van der Waals surface area contributed by atoms with Crippen LogP contribution in [0.3, 0.4) is 0 Å². The number of nitrogens with zero attached hydrogens (tertiary/aromatic N) is 4. The molecule has 0 spiro atoms. The molecule has 1 aromatic carbocycles. The molecule has 0 unspecified atom stereocenters. The fourth-order valence-corrected chi connectivity index (χ4v) is 2.28. The Balaban J connectivity index is 2.15. The summed E-state index contributed by atoms with van der Waals surface area (Å²) in [6.45, 7) is 1.78. The van der Waals surface area contributed by atoms with Gasteiger partial charge in [0.05, 0.1) is 11.3 Å². The number of hydrogen-bond donors (Lipinski definition) is 1. The lowest BCUT2D eigenvalue weighted by Gasteiger charge is -2.08. The van der Waals surface area contributed by atoms with Crippen LogP contribution in [0.4, 0.5) is 24.7 Å². The van der Waals surface area contributed by atoms with Gasteiger partial charge in [0.1, 0.15) is 5.65 Å². The number of rotatable bonds is 3. The van der Waals surface area contributed by atoms with E-state index in [0.717, 1.165) is 17.7 Å². The summed E-state index contributed by atoms with van der Waals surface area (Å²) in [5.41, 5.74) is -0.650. The number of aromatic nitrogens is 2. The van der Waals surface area contributed by atoms with Crippen molar-refractivity contribution in [2.75, 3.05) is 0 Å². The predicted molar refractivity (Wildman–Crippen MR) is 82.5 cm³/mol. The van der Waals surface area contributed by atoms with E-state index in [2.05, 4.69) is 15.2 Å². The number of imidazole rings is 1. The van der Waals surface area contributed by atoms with Crippen molar-refractivity contribution in [3.05, 3.63) is 59.4 Å². The van der Waals surface area contributed by atoms with Gasteiger partial charge in [-0.05, 0) is 30.7 Å². The number of carbonyl (C=O) groups is 1. The Bertz CT molecular complexity index is 993. The lowest BCUT2D eigenvalue weighted by atomic mass is 10.2. The number of pyridine rings is 1. The molecule has 0 amide bonds. The van der Waals surface area contributed by atoms with Crippen LogP contribution < -0.4 is 0 Å². The van der Waals surface area contributed by atoms with Crippen LogP contribution in [0.25, 0.3) is 5.65 Å². The van der Waals surface area contributed by atoms with Crippen molar-refractivity contribution in [2.45, 2.75) is 13.1 Å². The molecule has 128 valence electrons. The predicted octanol–water partition coefficient (Wildman–Crippen LogP) is 4.78. The molecule has 25 heavy (non-hydrogen) atoms. The summed E-state index contributed by atoms with van der Waals surface area (Å²) in [6.07, 6.45) is -3.01. The molecule has 6 nitrogen and oxygen atoms in total. The van der Waals surface area contributed by atoms with E-state index in [1.54, 1.807) is 25.3 Å². The number of carboxylic acid groups (broad SMARTS) is 1. The van der Waals surface area contributed by atoms with Gasteiger partial charge in [0.15, 0.2) is 11.5 Å². The summed E-state index contributed by atoms with van der Waals surface area (Å²) < 4.78 is 40.4. The van der Waals surface area contributed by atoms with Crippen LogP contribution in [0.1, 0.15) is 21.6 Å². The Hall–Kier alpha value is -3.23. The number of aromatic carboxylic acids is 1. The third kappa shape index (κ3) is 3.21. The highest BCUT2D eigenvalue weighted by molar-refractivity contribution is 5.91. The van der Waals surface area contributed by atoms with E-state index < -0.39 is 23.4 Å². The first-order chi connectivity index (χ1) is 11.8. The molecule has 3 rings (SSSR count). The highest BCUT2D eigenvalue weighted by atomic mass is 19.4. The number of aryl methyl sites for hydroxylation is 1. The maximum absolute atomic E-state index is 13.0. The van der Waals surface area contributed by atoms with E-state index in [1.807, 2.05) is 0 Å². The summed E-state index contributed by atoms with van der Waals surface area (Å²) >= 11 is 0. The van der Waals surface area contributed by atoms with Gasteiger partial charge in [-0.25, -0.2) is 9.78 Å². The first-order valence-electron chi connectivity index (χ1n) is 7.07. The zero-order valence-electron chi connectivity index (χ0n) is 12.8. The maximum Gasteiger partial charge on any atom is 0.418 e. The number of fused-ring (bicyclic) bond motifs is 1. The lowest BCUT2D eigenvalue weighted by Crippen LogP contribution is -2.04. The summed E-state index contributed by atoms with van der Waals surface area (Å²) in [5.74, 6) is -1.50. The molecule has 0 radical (unpaired) electrons. The lowest BCUT2D eigenvalue weighted by molar-refractivity contribution is -0.137. The van der Waals surface area contributed by atoms with Gasteiger partial charge in [-0.3, -0.25) is 4.40 Å². The Morgan fingerprint density at radius 2 is 1.88 bits per heavy atom. The van der Waals surface area contributed by atoms with Crippen LogP contribution in [0.2, 0.25) is 0 Å². The summed E-state index contributed by atoms with van der Waals surface area (Å²) in [7, 11) is 0. The minimum absolute atomic E-state index is 0.150. The molecule has 1 N–H and O–H groups in total. The number of alkyl halides is 3. The van der Waals surface area contributed by atoms with E-state index >= 15 is 0 Å². The summed E-state index contributed by atoms with van der Waals surface area (Å²) in [6, 6.07) is 7.98. The Morgan fingerprint density at radius 1 is 1.16 bits per heavy atom. The van der Waals surface area contributed by atoms with Crippen molar-refractivity contribution in [3.63, 3.8) is 0 Å². The van der Waals surface area contributed by atoms with Gasteiger partial charge in [0.2, 0.25) is 0 Å². The van der Waals surface area contributed by atoms with Crippen LogP contribution in [0.5, 0.6) is 0 Å². The van der Waals surface area contributed by atoms with Crippen molar-refractivity contribution >= 4 is 23.1 Å². The molecule has 0 fully saturated rings. The molecule has 0 aliphatic heterocycles. The first kappa shape index (κ1) is 16.6. The highest BCUT2D eigenvalue weighted by Crippen LogP contribution is 2.37.